The summed E-state index contributed by atoms with van der Waals surface area (Å²) in [6.07, 6.45) is 2.81. The molecule has 0 atom stereocenters. The second-order valence-corrected chi connectivity index (χ2v) is 9.56. The zero-order chi connectivity index (χ0) is 22.9. The lowest BCUT2D eigenvalue weighted by Crippen LogP contribution is -2.23. The van der Waals surface area contributed by atoms with E-state index < -0.39 is 11.4 Å². The predicted molar refractivity (Wildman–Crippen MR) is 128 cm³/mol. The molecule has 4 aromatic rings. The molecule has 164 valence electrons. The summed E-state index contributed by atoms with van der Waals surface area (Å²) in [5, 5.41) is 13.5. The second-order valence-electron chi connectivity index (χ2n) is 7.51. The first-order valence-corrected chi connectivity index (χ1v) is 12.1. The Morgan fingerprint density at radius 2 is 2.00 bits per heavy atom. The van der Waals surface area contributed by atoms with E-state index in [0.717, 1.165) is 41.5 Å². The fourth-order valence-electron chi connectivity index (χ4n) is 3.96. The van der Waals surface area contributed by atoms with Crippen molar-refractivity contribution in [2.24, 2.45) is 0 Å². The van der Waals surface area contributed by atoms with E-state index in [9.17, 15) is 19.2 Å². The average molecular weight is 477 g/mol. The summed E-state index contributed by atoms with van der Waals surface area (Å²) in [7, 11) is 0. The van der Waals surface area contributed by atoms with Gasteiger partial charge in [0.25, 0.3) is 5.56 Å². The van der Waals surface area contributed by atoms with Crippen molar-refractivity contribution in [2.45, 2.75) is 24.4 Å². The van der Waals surface area contributed by atoms with Gasteiger partial charge < -0.3 is 5.32 Å². The van der Waals surface area contributed by atoms with Crippen LogP contribution in [0, 0.1) is 17.1 Å². The first-order valence-electron chi connectivity index (χ1n) is 10.3. The van der Waals surface area contributed by atoms with Crippen LogP contribution in [0.5, 0.6) is 0 Å². The summed E-state index contributed by atoms with van der Waals surface area (Å²) in [6, 6.07) is 15.0. The van der Waals surface area contributed by atoms with Crippen molar-refractivity contribution < 1.29 is 9.18 Å². The first kappa shape index (κ1) is 21.4. The highest BCUT2D eigenvalue weighted by Crippen LogP contribution is 2.38. The van der Waals surface area contributed by atoms with Crippen LogP contribution >= 0.6 is 23.1 Å². The van der Waals surface area contributed by atoms with E-state index in [2.05, 4.69) is 16.4 Å². The number of aromatic nitrogens is 2. The molecule has 5 rings (SSSR count). The summed E-state index contributed by atoms with van der Waals surface area (Å²) >= 11 is 2.49. The van der Waals surface area contributed by atoms with Crippen LogP contribution in [0.1, 0.15) is 22.4 Å². The van der Waals surface area contributed by atoms with Gasteiger partial charge in [0.2, 0.25) is 5.91 Å². The normalized spacial score (nSPS) is 12.5. The highest BCUT2D eigenvalue weighted by atomic mass is 32.2. The molecular weight excluding hydrogens is 459 g/mol. The van der Waals surface area contributed by atoms with E-state index in [4.69, 9.17) is 0 Å². The van der Waals surface area contributed by atoms with Crippen LogP contribution in [0.3, 0.4) is 0 Å². The molecule has 0 radical (unpaired) electrons. The number of thiophene rings is 1. The summed E-state index contributed by atoms with van der Waals surface area (Å²) in [5.41, 5.74) is 1.72. The smallest absolute Gasteiger partial charge is 0.266 e. The Balaban J connectivity index is 1.46. The summed E-state index contributed by atoms with van der Waals surface area (Å²) in [6.45, 7) is 0. The number of carbonyl (C=O) groups excluding carboxylic acids is 1. The standard InChI is InChI=1S/C24H17FN4O2S2/c25-17-8-2-4-10-19(17)29-23(31)15-6-1-3-9-18(15)27-24(29)32-13-21(30)28-22-16(12-26)14-7-5-11-20(14)33-22/h1-4,6,8-10H,5,7,11,13H2,(H,28,30). The number of para-hydroxylation sites is 2. The molecular formula is C24H17FN4O2S2. The van der Waals surface area contributed by atoms with E-state index in [-0.39, 0.29) is 22.5 Å². The topological polar surface area (TPSA) is 87.8 Å². The monoisotopic (exact) mass is 476 g/mol. The summed E-state index contributed by atoms with van der Waals surface area (Å²) < 4.78 is 15.8. The molecule has 0 spiro atoms. The molecule has 2 heterocycles. The minimum atomic E-state index is -0.560. The van der Waals surface area contributed by atoms with Gasteiger partial charge in [-0.1, -0.05) is 36.0 Å². The molecule has 6 nitrogen and oxygen atoms in total. The Kier molecular flexibility index (Phi) is 5.70. The number of nitriles is 1. The number of amides is 1. The zero-order valence-electron chi connectivity index (χ0n) is 17.3. The molecule has 0 saturated carbocycles. The Morgan fingerprint density at radius 3 is 2.82 bits per heavy atom. The summed E-state index contributed by atoms with van der Waals surface area (Å²) in [4.78, 5) is 31.6. The lowest BCUT2D eigenvalue weighted by atomic mass is 10.1. The van der Waals surface area contributed by atoms with E-state index in [0.29, 0.717) is 21.5 Å². The fraction of sp³-hybridized carbons (Fsp3) is 0.167. The molecule has 0 saturated heterocycles. The number of halogens is 1. The van der Waals surface area contributed by atoms with Crippen LogP contribution in [0.4, 0.5) is 9.39 Å². The lowest BCUT2D eigenvalue weighted by Gasteiger charge is -2.13. The van der Waals surface area contributed by atoms with Crippen LogP contribution < -0.4 is 10.9 Å². The van der Waals surface area contributed by atoms with Crippen LogP contribution in [-0.2, 0) is 17.6 Å². The van der Waals surface area contributed by atoms with Gasteiger partial charge in [0.05, 0.1) is 27.9 Å². The molecule has 0 unspecified atom stereocenters. The van der Waals surface area contributed by atoms with Gasteiger partial charge in [-0.05, 0) is 49.1 Å². The predicted octanol–water partition coefficient (Wildman–Crippen LogP) is 4.68. The van der Waals surface area contributed by atoms with Crippen molar-refractivity contribution in [1.82, 2.24) is 9.55 Å². The van der Waals surface area contributed by atoms with Crippen LogP contribution in [0.15, 0.2) is 58.5 Å². The highest BCUT2D eigenvalue weighted by Gasteiger charge is 2.23. The van der Waals surface area contributed by atoms with Crippen molar-refractivity contribution in [1.29, 1.82) is 5.26 Å². The van der Waals surface area contributed by atoms with Crippen LogP contribution in [0.25, 0.3) is 16.6 Å². The van der Waals surface area contributed by atoms with Crippen molar-refractivity contribution >= 4 is 44.9 Å². The molecule has 1 amide bonds. The third-order valence-electron chi connectivity index (χ3n) is 5.46. The van der Waals surface area contributed by atoms with E-state index >= 15 is 0 Å². The lowest BCUT2D eigenvalue weighted by molar-refractivity contribution is -0.113. The van der Waals surface area contributed by atoms with Crippen LogP contribution in [-0.4, -0.2) is 21.2 Å². The number of fused-ring (bicyclic) bond motifs is 2. The van der Waals surface area contributed by atoms with Gasteiger partial charge in [0, 0.05) is 4.88 Å². The number of hydrogen-bond donors (Lipinski definition) is 1. The van der Waals surface area contributed by atoms with Gasteiger partial charge in [-0.25, -0.2) is 9.37 Å². The maximum absolute atomic E-state index is 14.6. The van der Waals surface area contributed by atoms with Crippen molar-refractivity contribution in [2.75, 3.05) is 11.1 Å². The summed E-state index contributed by atoms with van der Waals surface area (Å²) in [5.74, 6) is -0.930. The third-order valence-corrected chi connectivity index (χ3v) is 7.60. The second kappa shape index (κ2) is 8.81. The Bertz CT molecular complexity index is 1500. The molecule has 33 heavy (non-hydrogen) atoms. The Hall–Kier alpha value is -3.48. The van der Waals surface area contributed by atoms with E-state index in [1.165, 1.54) is 28.0 Å². The minimum absolute atomic E-state index is 0.0489. The van der Waals surface area contributed by atoms with Crippen molar-refractivity contribution in [3.8, 4) is 11.8 Å². The largest absolute Gasteiger partial charge is 0.316 e. The molecule has 0 aliphatic heterocycles. The van der Waals surface area contributed by atoms with E-state index in [1.807, 2.05) is 0 Å². The Labute approximate surface area is 196 Å². The molecule has 1 aliphatic rings. The number of aryl methyl sites for hydroxylation is 1. The number of anilines is 1. The molecule has 2 aromatic heterocycles. The number of nitrogens with zero attached hydrogens (tertiary/aromatic N) is 3. The maximum atomic E-state index is 14.6. The van der Waals surface area contributed by atoms with Gasteiger partial charge in [0.15, 0.2) is 5.16 Å². The highest BCUT2D eigenvalue weighted by molar-refractivity contribution is 7.99. The van der Waals surface area contributed by atoms with Gasteiger partial charge in [-0.15, -0.1) is 11.3 Å². The number of nitrogens with one attached hydrogen (secondary N) is 1. The average Bonchev–Trinajstić information content (AvgIpc) is 3.39. The van der Waals surface area contributed by atoms with Crippen LogP contribution in [0.2, 0.25) is 0 Å². The molecule has 2 aromatic carbocycles. The quantitative estimate of drug-likeness (QED) is 0.334. The van der Waals surface area contributed by atoms with Gasteiger partial charge in [-0.2, -0.15) is 5.26 Å². The molecule has 0 bridgehead atoms. The number of carbonyl (C=O) groups is 1. The fourth-order valence-corrected chi connectivity index (χ4v) is 6.02. The SMILES string of the molecule is N#Cc1c(NC(=O)CSc2nc3ccccc3c(=O)n2-c2ccccc2F)sc2c1CCC2. The van der Waals surface area contributed by atoms with Gasteiger partial charge in [-0.3, -0.25) is 14.2 Å². The molecule has 1 aliphatic carbocycles. The number of thioether (sulfide) groups is 1. The van der Waals surface area contributed by atoms with Crippen molar-refractivity contribution in [3.63, 3.8) is 0 Å². The number of hydrogen-bond acceptors (Lipinski definition) is 6. The third kappa shape index (κ3) is 3.92. The first-order chi connectivity index (χ1) is 16.1. The maximum Gasteiger partial charge on any atom is 0.266 e. The zero-order valence-corrected chi connectivity index (χ0v) is 18.9. The minimum Gasteiger partial charge on any atom is -0.316 e. The van der Waals surface area contributed by atoms with Crippen molar-refractivity contribution in [3.05, 3.63) is 80.7 Å². The molecule has 1 N–H and O–H groups in total. The van der Waals surface area contributed by atoms with Gasteiger partial charge in [0.1, 0.15) is 16.9 Å². The number of rotatable bonds is 5. The number of benzene rings is 2. The van der Waals surface area contributed by atoms with Gasteiger partial charge >= 0.3 is 0 Å². The Morgan fingerprint density at radius 1 is 1.21 bits per heavy atom. The van der Waals surface area contributed by atoms with E-state index in [1.54, 1.807) is 36.4 Å². The molecule has 9 heteroatoms. The molecule has 0 fully saturated rings.